The van der Waals surface area contributed by atoms with Gasteiger partial charge in [0.2, 0.25) is 11.8 Å². The molecule has 4 aliphatic rings. The van der Waals surface area contributed by atoms with E-state index in [0.717, 1.165) is 51.4 Å². The van der Waals surface area contributed by atoms with Crippen LogP contribution in [0.25, 0.3) is 0 Å². The van der Waals surface area contributed by atoms with Crippen molar-refractivity contribution in [2.45, 2.75) is 120 Å². The van der Waals surface area contributed by atoms with E-state index in [1.54, 1.807) is 26.0 Å². The highest BCUT2D eigenvalue weighted by Gasteiger charge is 2.51. The number of nitrogens with one attached hydrogen (secondary N) is 3. The van der Waals surface area contributed by atoms with E-state index in [2.05, 4.69) is 16.0 Å². The minimum Gasteiger partial charge on any atom is -0.504 e. The van der Waals surface area contributed by atoms with Crippen LogP contribution in [0.2, 0.25) is 0 Å². The Morgan fingerprint density at radius 3 is 2.35 bits per heavy atom. The Labute approximate surface area is 253 Å². The summed E-state index contributed by atoms with van der Waals surface area (Å²) in [6.45, 7) is 3.81. The van der Waals surface area contributed by atoms with Crippen molar-refractivity contribution < 1.29 is 38.8 Å². The van der Waals surface area contributed by atoms with Gasteiger partial charge in [-0.2, -0.15) is 0 Å². The van der Waals surface area contributed by atoms with Crippen molar-refractivity contribution >= 4 is 17.6 Å². The van der Waals surface area contributed by atoms with Crippen molar-refractivity contribution in [1.82, 2.24) is 16.0 Å². The molecule has 5 N–H and O–H groups in total. The minimum atomic E-state index is -0.993. The van der Waals surface area contributed by atoms with Gasteiger partial charge in [0.1, 0.15) is 24.0 Å². The maximum Gasteiger partial charge on any atom is 0.243 e. The van der Waals surface area contributed by atoms with E-state index in [1.807, 2.05) is 0 Å². The summed E-state index contributed by atoms with van der Waals surface area (Å²) in [5, 5.41) is 29.2. The molecule has 0 aromatic heterocycles. The number of methoxy groups -OCH3 is 1. The number of amides is 2. The molecule has 2 heterocycles. The van der Waals surface area contributed by atoms with Crippen LogP contribution in [0.15, 0.2) is 18.2 Å². The van der Waals surface area contributed by atoms with Gasteiger partial charge in [-0.1, -0.05) is 31.7 Å². The van der Waals surface area contributed by atoms with Crippen LogP contribution in [0.3, 0.4) is 0 Å². The van der Waals surface area contributed by atoms with Gasteiger partial charge in [-0.3, -0.25) is 19.7 Å². The van der Waals surface area contributed by atoms with Crippen molar-refractivity contribution in [3.8, 4) is 11.5 Å². The first-order valence-corrected chi connectivity index (χ1v) is 15.8. The summed E-state index contributed by atoms with van der Waals surface area (Å²) >= 11 is 0. The molecule has 11 heteroatoms. The molecule has 1 aromatic carbocycles. The molecular weight excluding hydrogens is 554 g/mol. The lowest BCUT2D eigenvalue weighted by molar-refractivity contribution is -0.133. The highest BCUT2D eigenvalue weighted by molar-refractivity contribution is 5.98. The fourth-order valence-corrected chi connectivity index (χ4v) is 6.68. The molecule has 2 amide bonds. The first-order chi connectivity index (χ1) is 20.6. The van der Waals surface area contributed by atoms with E-state index in [4.69, 9.17) is 14.2 Å². The zero-order valence-electron chi connectivity index (χ0n) is 25.5. The van der Waals surface area contributed by atoms with Gasteiger partial charge in [-0.15, -0.1) is 0 Å². The van der Waals surface area contributed by atoms with Gasteiger partial charge in [0.15, 0.2) is 17.3 Å². The lowest BCUT2D eigenvalue weighted by Crippen LogP contribution is -2.57. The van der Waals surface area contributed by atoms with Gasteiger partial charge >= 0.3 is 0 Å². The molecule has 238 valence electrons. The number of ether oxygens (including phenoxy) is 3. The third kappa shape index (κ3) is 8.06. The van der Waals surface area contributed by atoms with Crippen LogP contribution in [0.5, 0.6) is 11.5 Å². The van der Waals surface area contributed by atoms with Crippen molar-refractivity contribution in [2.24, 2.45) is 11.8 Å². The Morgan fingerprint density at radius 1 is 1.05 bits per heavy atom. The standard InChI is InChI=1S/C32H47N3O8/c1-18(33-31-27(43-31)21-9-11-22(36)12-10-21)29(39)35-24(15-20-8-13-26(41-3)25(37)16-20)30(40)34-23(14-19-6-4-5-7-19)28(38)32(2)17-42-32/h8,13,16,18-19,21-24,27,31,33,36-37H,4-7,9-12,14-15,17H2,1-3H3,(H,34,40)(H,35,39)/t18-,21-,22-,23+,24+,27?,31?,32-/m1/s1. The van der Waals surface area contributed by atoms with Crippen molar-refractivity contribution in [1.29, 1.82) is 0 Å². The van der Waals surface area contributed by atoms with Crippen molar-refractivity contribution in [3.63, 3.8) is 0 Å². The van der Waals surface area contributed by atoms with Gasteiger partial charge in [-0.25, -0.2) is 0 Å². The number of benzene rings is 1. The second kappa shape index (κ2) is 13.5. The summed E-state index contributed by atoms with van der Waals surface area (Å²) in [5.74, 6) is -0.0311. The summed E-state index contributed by atoms with van der Waals surface area (Å²) < 4.78 is 16.4. The molecule has 5 rings (SSSR count). The van der Waals surface area contributed by atoms with Gasteiger partial charge in [0.05, 0.1) is 31.9 Å². The van der Waals surface area contributed by atoms with Crippen LogP contribution in [-0.2, 0) is 30.3 Å². The van der Waals surface area contributed by atoms with Crippen molar-refractivity contribution in [3.05, 3.63) is 23.8 Å². The van der Waals surface area contributed by atoms with Crippen LogP contribution >= 0.6 is 0 Å². The fraction of sp³-hybridized carbons (Fsp3) is 0.719. The quantitative estimate of drug-likeness (QED) is 0.201. The van der Waals surface area contributed by atoms with Crippen LogP contribution in [0, 0.1) is 11.8 Å². The summed E-state index contributed by atoms with van der Waals surface area (Å²) in [7, 11) is 1.46. The molecule has 1 aromatic rings. The molecule has 11 nitrogen and oxygen atoms in total. The third-order valence-corrected chi connectivity index (χ3v) is 9.63. The first-order valence-electron chi connectivity index (χ1n) is 15.8. The molecular formula is C32H47N3O8. The number of phenols is 1. The number of aliphatic hydroxyl groups excluding tert-OH is 1. The predicted octanol–water partition coefficient (Wildman–Crippen LogP) is 2.11. The average molecular weight is 602 g/mol. The highest BCUT2D eigenvalue weighted by Crippen LogP contribution is 2.38. The Kier molecular flexibility index (Phi) is 9.95. The topological polar surface area (TPSA) is 162 Å². The number of Topliss-reactive ketones (excluding diaryl/α,β-unsaturated/α-hetero) is 1. The third-order valence-electron chi connectivity index (χ3n) is 9.63. The molecule has 0 bridgehead atoms. The van der Waals surface area contributed by atoms with E-state index in [0.29, 0.717) is 36.2 Å². The maximum atomic E-state index is 13.8. The van der Waals surface area contributed by atoms with Crippen molar-refractivity contribution in [2.75, 3.05) is 13.7 Å². The molecule has 6 atom stereocenters. The van der Waals surface area contributed by atoms with Gasteiger partial charge in [-0.05, 0) is 75.5 Å². The van der Waals surface area contributed by atoms with E-state index >= 15 is 0 Å². The van der Waals surface area contributed by atoms with E-state index in [9.17, 15) is 24.6 Å². The van der Waals surface area contributed by atoms with E-state index in [1.165, 1.54) is 13.2 Å². The first kappa shape index (κ1) is 31.7. The van der Waals surface area contributed by atoms with Crippen LogP contribution in [0.4, 0.5) is 0 Å². The van der Waals surface area contributed by atoms with Crippen LogP contribution in [0.1, 0.15) is 77.2 Å². The number of hydrogen-bond acceptors (Lipinski definition) is 9. The highest BCUT2D eigenvalue weighted by atomic mass is 16.6. The number of aromatic hydroxyl groups is 1. The van der Waals surface area contributed by atoms with E-state index in [-0.39, 0.29) is 42.3 Å². The zero-order valence-corrected chi connectivity index (χ0v) is 25.5. The zero-order chi connectivity index (χ0) is 30.7. The number of rotatable bonds is 14. The number of epoxide rings is 2. The van der Waals surface area contributed by atoms with E-state index < -0.39 is 29.6 Å². The van der Waals surface area contributed by atoms with Crippen LogP contribution < -0.4 is 20.7 Å². The summed E-state index contributed by atoms with van der Waals surface area (Å²) in [5.41, 5.74) is -0.257. The Morgan fingerprint density at radius 2 is 1.72 bits per heavy atom. The second-order valence-electron chi connectivity index (χ2n) is 13.1. The lowest BCUT2D eigenvalue weighted by atomic mass is 9.85. The normalized spacial score (nSPS) is 30.6. The maximum absolute atomic E-state index is 13.8. The average Bonchev–Trinajstić information content (AvgIpc) is 3.87. The molecule has 43 heavy (non-hydrogen) atoms. The Bertz CT molecular complexity index is 1160. The molecule has 2 saturated carbocycles. The summed E-state index contributed by atoms with van der Waals surface area (Å²) in [6.07, 6.45) is 7.77. The summed E-state index contributed by atoms with van der Waals surface area (Å²) in [4.78, 5) is 40.5. The number of ketones is 1. The van der Waals surface area contributed by atoms with Crippen LogP contribution in [-0.4, -0.2) is 83.7 Å². The monoisotopic (exact) mass is 601 g/mol. The molecule has 4 fully saturated rings. The number of aliphatic hydroxyl groups is 1. The van der Waals surface area contributed by atoms with Gasteiger partial charge in [0, 0.05) is 6.42 Å². The largest absolute Gasteiger partial charge is 0.504 e. The Balaban J connectivity index is 1.25. The second-order valence-corrected chi connectivity index (χ2v) is 13.1. The van der Waals surface area contributed by atoms with Gasteiger partial charge in [0.25, 0.3) is 0 Å². The number of carbonyl (C=O) groups is 3. The minimum absolute atomic E-state index is 0.0116. The Hall–Kier alpha value is -2.73. The summed E-state index contributed by atoms with van der Waals surface area (Å²) in [6, 6.07) is 2.51. The SMILES string of the molecule is COc1ccc(C[C@H](NC(=O)[C@@H](C)NC2OC2[C@H]2CC[C@H](O)CC2)C(=O)N[C@@H](CC2CCCC2)C(=O)[C@@]2(C)CO2)cc1O. The molecule has 2 aliphatic heterocycles. The number of phenolic OH excluding ortho intramolecular Hbond substituents is 1. The van der Waals surface area contributed by atoms with Gasteiger partial charge < -0.3 is 35.1 Å². The fourth-order valence-electron chi connectivity index (χ4n) is 6.68. The molecule has 0 spiro atoms. The predicted molar refractivity (Wildman–Crippen MR) is 157 cm³/mol. The molecule has 2 unspecified atom stereocenters. The number of hydrogen-bond donors (Lipinski definition) is 5. The molecule has 2 saturated heterocycles. The smallest absolute Gasteiger partial charge is 0.243 e. The lowest BCUT2D eigenvalue weighted by Gasteiger charge is -2.27. The molecule has 2 aliphatic carbocycles. The number of carbonyl (C=O) groups excluding carboxylic acids is 3. The molecule has 0 radical (unpaired) electrons.